The summed E-state index contributed by atoms with van der Waals surface area (Å²) < 4.78 is 6.79. The van der Waals surface area contributed by atoms with Gasteiger partial charge in [-0.25, -0.2) is 9.48 Å². The van der Waals surface area contributed by atoms with Crippen LogP contribution in [0.4, 0.5) is 0 Å². The van der Waals surface area contributed by atoms with Gasteiger partial charge in [0, 0.05) is 18.9 Å². The van der Waals surface area contributed by atoms with Gasteiger partial charge in [0.15, 0.2) is 6.61 Å². The summed E-state index contributed by atoms with van der Waals surface area (Å²) >= 11 is 0. The maximum Gasteiger partial charge on any atom is 0.338 e. The van der Waals surface area contributed by atoms with E-state index in [0.29, 0.717) is 18.0 Å². The van der Waals surface area contributed by atoms with Crippen LogP contribution in [-0.4, -0.2) is 34.8 Å². The average Bonchev–Trinajstić information content (AvgIpc) is 3.21. The minimum absolute atomic E-state index is 0.260. The van der Waals surface area contributed by atoms with Crippen LogP contribution < -0.4 is 5.32 Å². The molecule has 1 heterocycles. The Labute approximate surface area is 154 Å². The third-order valence-electron chi connectivity index (χ3n) is 4.34. The van der Waals surface area contributed by atoms with E-state index in [-0.39, 0.29) is 12.5 Å². The molecular weight excluding hydrogens is 330 g/mol. The monoisotopic (exact) mass is 357 g/mol. The van der Waals surface area contributed by atoms with E-state index in [1.54, 1.807) is 35.1 Å². The van der Waals surface area contributed by atoms with Gasteiger partial charge >= 0.3 is 5.97 Å². The highest BCUT2D eigenvalue weighted by Crippen LogP contribution is 2.11. The molecule has 1 N–H and O–H groups in total. The molecule has 2 aromatic rings. The minimum Gasteiger partial charge on any atom is -0.452 e. The molecule has 0 fully saturated rings. The lowest BCUT2D eigenvalue weighted by atomic mass is 9.99. The van der Waals surface area contributed by atoms with Crippen molar-refractivity contribution in [1.29, 1.82) is 0 Å². The molecule has 140 valence electrons. The lowest BCUT2D eigenvalue weighted by molar-refractivity contribution is -0.124. The normalized spacial score (nSPS) is 11.8. The number of hydrogen-bond donors (Lipinski definition) is 1. The van der Waals surface area contributed by atoms with E-state index in [9.17, 15) is 9.59 Å². The number of esters is 1. The molecule has 1 aromatic heterocycles. The molecule has 0 aliphatic rings. The van der Waals surface area contributed by atoms with Crippen LogP contribution in [0.2, 0.25) is 0 Å². The molecule has 0 unspecified atom stereocenters. The Morgan fingerprint density at radius 1 is 1.23 bits per heavy atom. The zero-order chi connectivity index (χ0) is 18.8. The van der Waals surface area contributed by atoms with Crippen molar-refractivity contribution in [3.8, 4) is 5.69 Å². The predicted molar refractivity (Wildman–Crippen MR) is 100 cm³/mol. The Morgan fingerprint density at radius 2 is 2.00 bits per heavy atom. The molecule has 1 atom stereocenters. The highest BCUT2D eigenvalue weighted by atomic mass is 16.5. The van der Waals surface area contributed by atoms with Crippen molar-refractivity contribution in [2.75, 3.05) is 13.2 Å². The molecule has 2 rings (SSSR count). The van der Waals surface area contributed by atoms with Crippen molar-refractivity contribution < 1.29 is 14.3 Å². The van der Waals surface area contributed by atoms with Gasteiger partial charge in [0.1, 0.15) is 0 Å². The first-order valence-electron chi connectivity index (χ1n) is 9.18. The van der Waals surface area contributed by atoms with Gasteiger partial charge in [-0.15, -0.1) is 0 Å². The second-order valence-corrected chi connectivity index (χ2v) is 6.29. The van der Waals surface area contributed by atoms with Gasteiger partial charge in [0.05, 0.1) is 11.3 Å². The van der Waals surface area contributed by atoms with E-state index in [0.717, 1.165) is 31.4 Å². The minimum atomic E-state index is -0.509. The first-order chi connectivity index (χ1) is 12.6. The fraction of sp³-hybridized carbons (Fsp3) is 0.450. The van der Waals surface area contributed by atoms with E-state index in [1.165, 1.54) is 0 Å². The van der Waals surface area contributed by atoms with Crippen molar-refractivity contribution in [1.82, 2.24) is 15.1 Å². The number of carbonyl (C=O) groups excluding carboxylic acids is 2. The number of carbonyl (C=O) groups is 2. The number of rotatable bonds is 10. The fourth-order valence-corrected chi connectivity index (χ4v) is 2.64. The number of ether oxygens (including phenoxy) is 1. The van der Waals surface area contributed by atoms with E-state index in [1.807, 2.05) is 12.3 Å². The molecule has 1 aromatic carbocycles. The number of aromatic nitrogens is 2. The van der Waals surface area contributed by atoms with Crippen LogP contribution in [0, 0.1) is 5.92 Å². The van der Waals surface area contributed by atoms with Crippen LogP contribution in [0.5, 0.6) is 0 Å². The summed E-state index contributed by atoms with van der Waals surface area (Å²) in [5.41, 5.74) is 1.25. The maximum atomic E-state index is 12.1. The molecule has 0 spiro atoms. The summed E-state index contributed by atoms with van der Waals surface area (Å²) in [4.78, 5) is 23.9. The Bertz CT molecular complexity index is 681. The predicted octanol–water partition coefficient (Wildman–Crippen LogP) is 3.36. The average molecular weight is 357 g/mol. The largest absolute Gasteiger partial charge is 0.452 e. The molecule has 1 amide bonds. The van der Waals surface area contributed by atoms with Crippen LogP contribution in [0.1, 0.15) is 49.9 Å². The van der Waals surface area contributed by atoms with Gasteiger partial charge < -0.3 is 10.1 Å². The Hall–Kier alpha value is -2.63. The fourth-order valence-electron chi connectivity index (χ4n) is 2.64. The first-order valence-corrected chi connectivity index (χ1v) is 9.18. The number of unbranched alkanes of at least 4 members (excludes halogenated alkanes) is 1. The molecular formula is C20H27N3O3. The Kier molecular flexibility index (Phi) is 7.86. The number of benzene rings is 1. The quantitative estimate of drug-likeness (QED) is 0.662. The van der Waals surface area contributed by atoms with Crippen LogP contribution >= 0.6 is 0 Å². The van der Waals surface area contributed by atoms with Crippen LogP contribution in [-0.2, 0) is 9.53 Å². The highest BCUT2D eigenvalue weighted by molar-refractivity contribution is 5.91. The molecule has 26 heavy (non-hydrogen) atoms. The summed E-state index contributed by atoms with van der Waals surface area (Å²) in [5, 5.41) is 6.98. The van der Waals surface area contributed by atoms with E-state index in [2.05, 4.69) is 24.3 Å². The Balaban J connectivity index is 1.76. The summed E-state index contributed by atoms with van der Waals surface area (Å²) in [7, 11) is 0. The van der Waals surface area contributed by atoms with Crippen molar-refractivity contribution in [3.63, 3.8) is 0 Å². The summed E-state index contributed by atoms with van der Waals surface area (Å²) in [6.45, 7) is 4.65. The number of nitrogens with zero attached hydrogens (tertiary/aromatic N) is 2. The molecule has 6 nitrogen and oxygen atoms in total. The lowest BCUT2D eigenvalue weighted by Crippen LogP contribution is -2.32. The molecule has 0 bridgehead atoms. The molecule has 0 saturated heterocycles. The highest BCUT2D eigenvalue weighted by Gasteiger charge is 2.12. The van der Waals surface area contributed by atoms with Crippen LogP contribution in [0.3, 0.4) is 0 Å². The van der Waals surface area contributed by atoms with Gasteiger partial charge in [-0.1, -0.05) is 33.1 Å². The third kappa shape index (κ3) is 6.02. The van der Waals surface area contributed by atoms with Crippen molar-refractivity contribution in [3.05, 3.63) is 48.3 Å². The zero-order valence-electron chi connectivity index (χ0n) is 15.5. The van der Waals surface area contributed by atoms with Crippen LogP contribution in [0.15, 0.2) is 42.7 Å². The number of nitrogens with one attached hydrogen (secondary N) is 1. The topological polar surface area (TPSA) is 73.2 Å². The van der Waals surface area contributed by atoms with E-state index < -0.39 is 5.97 Å². The van der Waals surface area contributed by atoms with Gasteiger partial charge in [-0.3, -0.25) is 4.79 Å². The van der Waals surface area contributed by atoms with Crippen molar-refractivity contribution >= 4 is 11.9 Å². The van der Waals surface area contributed by atoms with Crippen molar-refractivity contribution in [2.24, 2.45) is 5.92 Å². The first kappa shape index (κ1) is 19.7. The second-order valence-electron chi connectivity index (χ2n) is 6.29. The van der Waals surface area contributed by atoms with Gasteiger partial charge in [0.2, 0.25) is 0 Å². The molecule has 0 aliphatic carbocycles. The standard InChI is InChI=1S/C20H27N3O3/c1-3-5-7-16(4-2)14-21-19(24)15-26-20(25)17-8-10-18(11-9-17)23-13-6-12-22-23/h6,8-13,16H,3-5,7,14-15H2,1-2H3,(H,21,24)/t16-/m0/s1. The maximum absolute atomic E-state index is 12.1. The molecule has 0 aliphatic heterocycles. The SMILES string of the molecule is CCCC[C@H](CC)CNC(=O)COC(=O)c1ccc(-n2cccn2)cc1. The Morgan fingerprint density at radius 3 is 2.62 bits per heavy atom. The van der Waals surface area contributed by atoms with Crippen LogP contribution in [0.25, 0.3) is 5.69 Å². The summed E-state index contributed by atoms with van der Waals surface area (Å²) in [5.74, 6) is -0.295. The third-order valence-corrected chi connectivity index (χ3v) is 4.34. The van der Waals surface area contributed by atoms with Gasteiger partial charge in [-0.2, -0.15) is 5.10 Å². The number of hydrogen-bond acceptors (Lipinski definition) is 4. The molecule has 0 saturated carbocycles. The molecule has 6 heteroatoms. The zero-order valence-corrected chi connectivity index (χ0v) is 15.5. The van der Waals surface area contributed by atoms with E-state index >= 15 is 0 Å². The number of amides is 1. The summed E-state index contributed by atoms with van der Waals surface area (Å²) in [6, 6.07) is 8.71. The second kappa shape index (κ2) is 10.4. The summed E-state index contributed by atoms with van der Waals surface area (Å²) in [6.07, 6.45) is 7.96. The van der Waals surface area contributed by atoms with Crippen molar-refractivity contribution in [2.45, 2.75) is 39.5 Å². The molecule has 0 radical (unpaired) electrons. The van der Waals surface area contributed by atoms with Gasteiger partial charge in [0.25, 0.3) is 5.91 Å². The van der Waals surface area contributed by atoms with E-state index in [4.69, 9.17) is 4.74 Å². The van der Waals surface area contributed by atoms with Gasteiger partial charge in [-0.05, 0) is 42.7 Å². The lowest BCUT2D eigenvalue weighted by Gasteiger charge is -2.15. The smallest absolute Gasteiger partial charge is 0.338 e.